The van der Waals surface area contributed by atoms with Crippen LogP contribution >= 0.6 is 0 Å². The van der Waals surface area contributed by atoms with E-state index in [0.29, 0.717) is 17.2 Å². The quantitative estimate of drug-likeness (QED) is 0.528. The third-order valence-electron chi connectivity index (χ3n) is 4.96. The van der Waals surface area contributed by atoms with E-state index in [0.717, 1.165) is 27.2 Å². The molecule has 1 aliphatic heterocycles. The van der Waals surface area contributed by atoms with Gasteiger partial charge in [0.25, 0.3) is 0 Å². The van der Waals surface area contributed by atoms with Gasteiger partial charge in [0.15, 0.2) is 11.5 Å². The minimum absolute atomic E-state index is 0.0153. The van der Waals surface area contributed by atoms with Crippen LogP contribution in [0.2, 0.25) is 0 Å². The highest BCUT2D eigenvalue weighted by atomic mass is 16.7. The molecule has 0 N–H and O–H groups in total. The molecule has 0 atom stereocenters. The molecular formula is C22H18N2O3. The predicted octanol–water partition coefficient (Wildman–Crippen LogP) is 4.53. The van der Waals surface area contributed by atoms with Gasteiger partial charge < -0.3 is 9.47 Å². The van der Waals surface area contributed by atoms with E-state index < -0.39 is 0 Å². The zero-order valence-corrected chi connectivity index (χ0v) is 15.1. The van der Waals surface area contributed by atoms with Crippen LogP contribution in [0.15, 0.2) is 59.4 Å². The number of hydrogen-bond acceptors (Lipinski definition) is 4. The van der Waals surface area contributed by atoms with Crippen molar-refractivity contribution in [2.24, 2.45) is 0 Å². The summed E-state index contributed by atoms with van der Waals surface area (Å²) < 4.78 is 12.8. The van der Waals surface area contributed by atoms with E-state index in [-0.39, 0.29) is 18.5 Å². The SMILES string of the molecule is CC(C)n1c(=O)nc(-c2ccc3ccccc3c2)c2cc3c(cc21)OCO3. The first-order chi connectivity index (χ1) is 13.1. The number of aromatic nitrogens is 2. The first kappa shape index (κ1) is 15.9. The summed E-state index contributed by atoms with van der Waals surface area (Å²) in [5, 5.41) is 3.14. The van der Waals surface area contributed by atoms with Crippen molar-refractivity contribution in [3.8, 4) is 22.8 Å². The minimum atomic E-state index is -0.264. The van der Waals surface area contributed by atoms with Crippen LogP contribution in [-0.2, 0) is 0 Å². The van der Waals surface area contributed by atoms with Crippen LogP contribution in [0.25, 0.3) is 32.9 Å². The van der Waals surface area contributed by atoms with Gasteiger partial charge in [-0.05, 0) is 36.8 Å². The number of hydrogen-bond donors (Lipinski definition) is 0. The molecule has 0 aliphatic carbocycles. The Hall–Kier alpha value is -3.34. The molecule has 0 unspecified atom stereocenters. The van der Waals surface area contributed by atoms with Gasteiger partial charge in [0.1, 0.15) is 0 Å². The van der Waals surface area contributed by atoms with Gasteiger partial charge in [-0.1, -0.05) is 36.4 Å². The Kier molecular flexibility index (Phi) is 3.44. The molecule has 1 aromatic heterocycles. The Labute approximate surface area is 155 Å². The van der Waals surface area contributed by atoms with Crippen molar-refractivity contribution in [3.63, 3.8) is 0 Å². The lowest BCUT2D eigenvalue weighted by Crippen LogP contribution is -2.25. The second kappa shape index (κ2) is 5.84. The lowest BCUT2D eigenvalue weighted by Gasteiger charge is -2.16. The number of rotatable bonds is 2. The molecule has 5 rings (SSSR count). The number of fused-ring (bicyclic) bond motifs is 3. The van der Waals surface area contributed by atoms with E-state index in [2.05, 4.69) is 29.2 Å². The monoisotopic (exact) mass is 358 g/mol. The van der Waals surface area contributed by atoms with Gasteiger partial charge in [-0.25, -0.2) is 4.79 Å². The van der Waals surface area contributed by atoms with Crippen LogP contribution in [0.1, 0.15) is 19.9 Å². The molecular weight excluding hydrogens is 340 g/mol. The Bertz CT molecular complexity index is 1260. The fraction of sp³-hybridized carbons (Fsp3) is 0.182. The molecule has 3 aromatic carbocycles. The highest BCUT2D eigenvalue weighted by molar-refractivity contribution is 5.97. The molecule has 0 radical (unpaired) electrons. The van der Waals surface area contributed by atoms with Crippen molar-refractivity contribution in [1.82, 2.24) is 9.55 Å². The second-order valence-electron chi connectivity index (χ2n) is 6.99. The molecule has 0 bridgehead atoms. The largest absolute Gasteiger partial charge is 0.454 e. The van der Waals surface area contributed by atoms with Crippen LogP contribution in [-0.4, -0.2) is 16.3 Å². The van der Waals surface area contributed by atoms with Gasteiger partial charge in [0.05, 0.1) is 11.2 Å². The third kappa shape index (κ3) is 2.46. The molecule has 0 spiro atoms. The van der Waals surface area contributed by atoms with E-state index in [1.165, 1.54) is 0 Å². The van der Waals surface area contributed by atoms with Gasteiger partial charge in [0, 0.05) is 23.1 Å². The molecule has 5 heteroatoms. The predicted molar refractivity (Wildman–Crippen MR) is 105 cm³/mol. The molecule has 0 saturated carbocycles. The minimum Gasteiger partial charge on any atom is -0.454 e. The highest BCUT2D eigenvalue weighted by Crippen LogP contribution is 2.39. The summed E-state index contributed by atoms with van der Waals surface area (Å²) in [7, 11) is 0. The van der Waals surface area contributed by atoms with E-state index >= 15 is 0 Å². The normalized spacial score (nSPS) is 13.0. The summed E-state index contributed by atoms with van der Waals surface area (Å²) in [4.78, 5) is 17.2. The van der Waals surface area contributed by atoms with Gasteiger partial charge >= 0.3 is 5.69 Å². The Balaban J connectivity index is 1.86. The second-order valence-corrected chi connectivity index (χ2v) is 6.99. The van der Waals surface area contributed by atoms with Gasteiger partial charge in [0.2, 0.25) is 6.79 Å². The Morgan fingerprint density at radius 1 is 0.963 bits per heavy atom. The maximum absolute atomic E-state index is 12.8. The average molecular weight is 358 g/mol. The van der Waals surface area contributed by atoms with Crippen molar-refractivity contribution >= 4 is 21.7 Å². The summed E-state index contributed by atoms with van der Waals surface area (Å²) in [6.07, 6.45) is 0. The zero-order chi connectivity index (χ0) is 18.5. The van der Waals surface area contributed by atoms with Crippen LogP contribution in [0.4, 0.5) is 0 Å². The first-order valence-corrected chi connectivity index (χ1v) is 8.97. The van der Waals surface area contributed by atoms with Gasteiger partial charge in [-0.15, -0.1) is 0 Å². The molecule has 5 nitrogen and oxygen atoms in total. The maximum atomic E-state index is 12.8. The summed E-state index contributed by atoms with van der Waals surface area (Å²) >= 11 is 0. The van der Waals surface area contributed by atoms with Crippen LogP contribution in [0.3, 0.4) is 0 Å². The molecule has 134 valence electrons. The number of benzene rings is 3. The number of nitrogens with zero attached hydrogens (tertiary/aromatic N) is 2. The lowest BCUT2D eigenvalue weighted by atomic mass is 10.0. The van der Waals surface area contributed by atoms with E-state index in [4.69, 9.17) is 9.47 Å². The topological polar surface area (TPSA) is 53.4 Å². The number of ether oxygens (including phenoxy) is 2. The Morgan fingerprint density at radius 2 is 1.70 bits per heavy atom. The van der Waals surface area contributed by atoms with Crippen LogP contribution in [0, 0.1) is 0 Å². The van der Waals surface area contributed by atoms with Crippen molar-refractivity contribution in [2.45, 2.75) is 19.9 Å². The van der Waals surface area contributed by atoms with E-state index in [1.54, 1.807) is 4.57 Å². The highest BCUT2D eigenvalue weighted by Gasteiger charge is 2.21. The molecule has 0 saturated heterocycles. The summed E-state index contributed by atoms with van der Waals surface area (Å²) in [6.45, 7) is 4.14. The molecule has 27 heavy (non-hydrogen) atoms. The van der Waals surface area contributed by atoms with E-state index in [1.807, 2.05) is 44.2 Å². The smallest absolute Gasteiger partial charge is 0.348 e. The van der Waals surface area contributed by atoms with Gasteiger partial charge in [-0.2, -0.15) is 4.98 Å². The van der Waals surface area contributed by atoms with Crippen LogP contribution in [0.5, 0.6) is 11.5 Å². The molecule has 0 amide bonds. The molecule has 4 aromatic rings. The fourth-order valence-corrected chi connectivity index (χ4v) is 3.69. The molecule has 1 aliphatic rings. The maximum Gasteiger partial charge on any atom is 0.348 e. The van der Waals surface area contributed by atoms with Crippen molar-refractivity contribution in [2.75, 3.05) is 6.79 Å². The van der Waals surface area contributed by atoms with Gasteiger partial charge in [-0.3, -0.25) is 4.57 Å². The molecule has 0 fully saturated rings. The fourth-order valence-electron chi connectivity index (χ4n) is 3.69. The van der Waals surface area contributed by atoms with Crippen molar-refractivity contribution < 1.29 is 9.47 Å². The van der Waals surface area contributed by atoms with Crippen molar-refractivity contribution in [1.29, 1.82) is 0 Å². The summed E-state index contributed by atoms with van der Waals surface area (Å²) in [5.41, 5.74) is 2.11. The zero-order valence-electron chi connectivity index (χ0n) is 15.1. The van der Waals surface area contributed by atoms with E-state index in [9.17, 15) is 4.79 Å². The lowest BCUT2D eigenvalue weighted by molar-refractivity contribution is 0.174. The average Bonchev–Trinajstić information content (AvgIpc) is 3.12. The standard InChI is InChI=1S/C22H18N2O3/c1-13(2)24-18-11-20-19(26-12-27-20)10-17(18)21(23-22(24)25)16-8-7-14-5-3-4-6-15(14)9-16/h3-11,13H,12H2,1-2H3. The summed E-state index contributed by atoms with van der Waals surface area (Å²) in [5.74, 6) is 1.34. The first-order valence-electron chi connectivity index (χ1n) is 8.97. The van der Waals surface area contributed by atoms with Crippen LogP contribution < -0.4 is 15.2 Å². The third-order valence-corrected chi connectivity index (χ3v) is 4.96. The summed E-state index contributed by atoms with van der Waals surface area (Å²) in [6, 6.07) is 18.1. The Morgan fingerprint density at radius 3 is 2.48 bits per heavy atom. The van der Waals surface area contributed by atoms with Crippen molar-refractivity contribution in [3.05, 3.63) is 65.1 Å². The molecule has 2 heterocycles.